The van der Waals surface area contributed by atoms with Crippen molar-refractivity contribution in [1.29, 1.82) is 0 Å². The standard InChI is InChI=1S/C17H18N2O2/c1-2-7-19-12-18-10-15(19)11-21-17-9-14-6-4-3-5-13(14)8-16(17)20/h3-6,8-10,12,20H,2,7,11H2,1H3. The van der Waals surface area contributed by atoms with E-state index in [0.29, 0.717) is 12.4 Å². The molecule has 0 unspecified atom stereocenters. The van der Waals surface area contributed by atoms with E-state index in [1.807, 2.05) is 36.7 Å². The van der Waals surface area contributed by atoms with Gasteiger partial charge in [-0.25, -0.2) is 4.98 Å². The zero-order chi connectivity index (χ0) is 14.7. The molecular formula is C17H18N2O2. The molecule has 0 saturated heterocycles. The van der Waals surface area contributed by atoms with E-state index in [-0.39, 0.29) is 5.75 Å². The van der Waals surface area contributed by atoms with Gasteiger partial charge in [-0.05, 0) is 29.3 Å². The lowest BCUT2D eigenvalue weighted by Gasteiger charge is -2.11. The van der Waals surface area contributed by atoms with E-state index in [1.165, 1.54) is 0 Å². The number of nitrogens with zero attached hydrogens (tertiary/aromatic N) is 2. The molecule has 108 valence electrons. The Kier molecular flexibility index (Phi) is 3.77. The SMILES string of the molecule is CCCn1cncc1COc1cc2ccccc2cc1O. The van der Waals surface area contributed by atoms with Gasteiger partial charge in [0, 0.05) is 6.54 Å². The highest BCUT2D eigenvalue weighted by Gasteiger charge is 2.07. The van der Waals surface area contributed by atoms with E-state index in [4.69, 9.17) is 4.74 Å². The summed E-state index contributed by atoms with van der Waals surface area (Å²) < 4.78 is 7.83. The number of hydrogen-bond acceptors (Lipinski definition) is 3. The summed E-state index contributed by atoms with van der Waals surface area (Å²) in [6.45, 7) is 3.44. The maximum absolute atomic E-state index is 10.1. The molecule has 1 heterocycles. The van der Waals surface area contributed by atoms with E-state index >= 15 is 0 Å². The fourth-order valence-corrected chi connectivity index (χ4v) is 2.39. The van der Waals surface area contributed by atoms with Gasteiger partial charge in [-0.1, -0.05) is 31.2 Å². The Balaban J connectivity index is 1.81. The molecule has 0 bridgehead atoms. The molecule has 21 heavy (non-hydrogen) atoms. The number of fused-ring (bicyclic) bond motifs is 1. The summed E-state index contributed by atoms with van der Waals surface area (Å²) in [5.41, 5.74) is 1.00. The van der Waals surface area contributed by atoms with Gasteiger partial charge in [0.25, 0.3) is 0 Å². The third-order valence-electron chi connectivity index (χ3n) is 3.47. The highest BCUT2D eigenvalue weighted by molar-refractivity contribution is 5.85. The number of hydrogen-bond donors (Lipinski definition) is 1. The zero-order valence-electron chi connectivity index (χ0n) is 12.0. The van der Waals surface area contributed by atoms with Gasteiger partial charge in [0.1, 0.15) is 6.61 Å². The fraction of sp³-hybridized carbons (Fsp3) is 0.235. The predicted octanol–water partition coefficient (Wildman–Crippen LogP) is 3.73. The van der Waals surface area contributed by atoms with Crippen molar-refractivity contribution >= 4 is 10.8 Å². The number of ether oxygens (including phenoxy) is 1. The first-order valence-corrected chi connectivity index (χ1v) is 7.11. The van der Waals surface area contributed by atoms with Crippen molar-refractivity contribution in [3.63, 3.8) is 0 Å². The summed E-state index contributed by atoms with van der Waals surface area (Å²) in [5.74, 6) is 0.660. The number of aryl methyl sites for hydroxylation is 1. The Labute approximate surface area is 123 Å². The van der Waals surface area contributed by atoms with Crippen molar-refractivity contribution < 1.29 is 9.84 Å². The molecule has 1 aromatic heterocycles. The summed E-state index contributed by atoms with van der Waals surface area (Å²) in [6, 6.07) is 11.5. The zero-order valence-corrected chi connectivity index (χ0v) is 12.0. The van der Waals surface area contributed by atoms with Crippen LogP contribution in [0.15, 0.2) is 48.9 Å². The van der Waals surface area contributed by atoms with Gasteiger partial charge >= 0.3 is 0 Å². The Bertz CT molecular complexity index is 749. The van der Waals surface area contributed by atoms with Crippen molar-refractivity contribution in [2.24, 2.45) is 0 Å². The highest BCUT2D eigenvalue weighted by Crippen LogP contribution is 2.31. The number of phenolic OH excluding ortho intramolecular Hbond substituents is 1. The van der Waals surface area contributed by atoms with E-state index in [1.54, 1.807) is 12.3 Å². The molecule has 0 radical (unpaired) electrons. The lowest BCUT2D eigenvalue weighted by Crippen LogP contribution is -2.05. The maximum atomic E-state index is 10.1. The lowest BCUT2D eigenvalue weighted by molar-refractivity contribution is 0.280. The van der Waals surface area contributed by atoms with Crippen LogP contribution in [0.2, 0.25) is 0 Å². The van der Waals surface area contributed by atoms with Gasteiger partial charge in [0.05, 0.1) is 18.2 Å². The van der Waals surface area contributed by atoms with E-state index in [9.17, 15) is 5.11 Å². The molecular weight excluding hydrogens is 264 g/mol. The van der Waals surface area contributed by atoms with Crippen LogP contribution in [0.5, 0.6) is 11.5 Å². The van der Waals surface area contributed by atoms with Crippen LogP contribution in [0.3, 0.4) is 0 Å². The van der Waals surface area contributed by atoms with Crippen molar-refractivity contribution in [2.45, 2.75) is 26.5 Å². The molecule has 0 aliphatic heterocycles. The molecule has 0 aliphatic carbocycles. The molecule has 0 amide bonds. The van der Waals surface area contributed by atoms with Gasteiger partial charge < -0.3 is 14.4 Å². The lowest BCUT2D eigenvalue weighted by atomic mass is 10.1. The Hall–Kier alpha value is -2.49. The average Bonchev–Trinajstić information content (AvgIpc) is 2.93. The second-order valence-electron chi connectivity index (χ2n) is 5.03. The molecule has 4 nitrogen and oxygen atoms in total. The van der Waals surface area contributed by atoms with Gasteiger partial charge in [-0.3, -0.25) is 0 Å². The first-order valence-electron chi connectivity index (χ1n) is 7.11. The number of benzene rings is 2. The van der Waals surface area contributed by atoms with Gasteiger partial charge in [0.15, 0.2) is 11.5 Å². The summed E-state index contributed by atoms with van der Waals surface area (Å²) in [5, 5.41) is 12.1. The molecule has 0 saturated carbocycles. The predicted molar refractivity (Wildman–Crippen MR) is 82.5 cm³/mol. The van der Waals surface area contributed by atoms with Crippen molar-refractivity contribution in [2.75, 3.05) is 0 Å². The van der Waals surface area contributed by atoms with E-state index in [2.05, 4.69) is 16.5 Å². The summed E-state index contributed by atoms with van der Waals surface area (Å²) in [7, 11) is 0. The van der Waals surface area contributed by atoms with Crippen LogP contribution >= 0.6 is 0 Å². The second kappa shape index (κ2) is 5.87. The van der Waals surface area contributed by atoms with Crippen molar-refractivity contribution in [1.82, 2.24) is 9.55 Å². The molecule has 0 aliphatic rings. The molecule has 0 spiro atoms. The minimum absolute atomic E-state index is 0.162. The van der Waals surface area contributed by atoms with Crippen LogP contribution in [0.1, 0.15) is 19.0 Å². The van der Waals surface area contributed by atoms with Gasteiger partial charge in [-0.15, -0.1) is 0 Å². The number of aromatic nitrogens is 2. The fourth-order valence-electron chi connectivity index (χ4n) is 2.39. The summed E-state index contributed by atoms with van der Waals surface area (Å²) >= 11 is 0. The first-order chi connectivity index (χ1) is 10.3. The molecule has 3 aromatic rings. The van der Waals surface area contributed by atoms with Crippen LogP contribution in [-0.2, 0) is 13.2 Å². The molecule has 0 atom stereocenters. The quantitative estimate of drug-likeness (QED) is 0.775. The van der Waals surface area contributed by atoms with Crippen LogP contribution in [0.4, 0.5) is 0 Å². The summed E-state index contributed by atoms with van der Waals surface area (Å²) in [4.78, 5) is 4.15. The Morgan fingerprint density at radius 2 is 1.95 bits per heavy atom. The first kappa shape index (κ1) is 13.5. The number of aromatic hydroxyl groups is 1. The number of phenols is 1. The number of imidazole rings is 1. The monoisotopic (exact) mass is 282 g/mol. The van der Waals surface area contributed by atoms with Crippen LogP contribution in [0.25, 0.3) is 10.8 Å². The molecule has 4 heteroatoms. The van der Waals surface area contributed by atoms with Crippen molar-refractivity contribution in [3.05, 3.63) is 54.6 Å². The minimum atomic E-state index is 0.162. The van der Waals surface area contributed by atoms with Crippen LogP contribution in [0, 0.1) is 0 Å². The van der Waals surface area contributed by atoms with Crippen LogP contribution < -0.4 is 4.74 Å². The number of rotatable bonds is 5. The van der Waals surface area contributed by atoms with Crippen LogP contribution in [-0.4, -0.2) is 14.7 Å². The third kappa shape index (κ3) is 2.84. The minimum Gasteiger partial charge on any atom is -0.504 e. The van der Waals surface area contributed by atoms with Gasteiger partial charge in [0.2, 0.25) is 0 Å². The Morgan fingerprint density at radius 1 is 1.19 bits per heavy atom. The topological polar surface area (TPSA) is 47.3 Å². The highest BCUT2D eigenvalue weighted by atomic mass is 16.5. The second-order valence-corrected chi connectivity index (χ2v) is 5.03. The van der Waals surface area contributed by atoms with Crippen molar-refractivity contribution in [3.8, 4) is 11.5 Å². The summed E-state index contributed by atoms with van der Waals surface area (Å²) in [6.07, 6.45) is 4.65. The smallest absolute Gasteiger partial charge is 0.162 e. The molecule has 1 N–H and O–H groups in total. The van der Waals surface area contributed by atoms with Gasteiger partial charge in [-0.2, -0.15) is 0 Å². The van der Waals surface area contributed by atoms with E-state index in [0.717, 1.165) is 29.4 Å². The molecule has 2 aromatic carbocycles. The third-order valence-corrected chi connectivity index (χ3v) is 3.47. The largest absolute Gasteiger partial charge is 0.504 e. The maximum Gasteiger partial charge on any atom is 0.162 e. The average molecular weight is 282 g/mol. The Morgan fingerprint density at radius 3 is 2.71 bits per heavy atom. The molecule has 3 rings (SSSR count). The van der Waals surface area contributed by atoms with E-state index < -0.39 is 0 Å². The molecule has 0 fully saturated rings. The normalized spacial score (nSPS) is 10.9.